The van der Waals surface area contributed by atoms with Gasteiger partial charge in [0.1, 0.15) is 6.04 Å². The summed E-state index contributed by atoms with van der Waals surface area (Å²) in [6.45, 7) is 7.39. The Morgan fingerprint density at radius 2 is 2.05 bits per heavy atom. The van der Waals surface area contributed by atoms with Crippen molar-refractivity contribution in [2.75, 3.05) is 0 Å². The van der Waals surface area contributed by atoms with Gasteiger partial charge in [0, 0.05) is 18.2 Å². The largest absolute Gasteiger partial charge is 0.480 e. The third-order valence-electron chi connectivity index (χ3n) is 3.94. The molecule has 2 atom stereocenters. The molecule has 116 valence electrons. The van der Waals surface area contributed by atoms with Gasteiger partial charge in [0.15, 0.2) is 0 Å². The van der Waals surface area contributed by atoms with Gasteiger partial charge < -0.3 is 10.0 Å². The second kappa shape index (κ2) is 5.87. The van der Waals surface area contributed by atoms with Gasteiger partial charge in [-0.2, -0.15) is 5.10 Å². The van der Waals surface area contributed by atoms with Gasteiger partial charge in [-0.3, -0.25) is 9.48 Å². The summed E-state index contributed by atoms with van der Waals surface area (Å²) in [6.07, 6.45) is 2.07. The van der Waals surface area contributed by atoms with Crippen LogP contribution in [0, 0.1) is 13.8 Å². The van der Waals surface area contributed by atoms with E-state index < -0.39 is 12.0 Å². The lowest BCUT2D eigenvalue weighted by atomic mass is 10.1. The number of aromatic nitrogens is 2. The van der Waals surface area contributed by atoms with Gasteiger partial charge >= 0.3 is 5.97 Å². The van der Waals surface area contributed by atoms with Crippen molar-refractivity contribution >= 4 is 11.9 Å². The molecule has 0 saturated heterocycles. The molecule has 21 heavy (non-hydrogen) atoms. The summed E-state index contributed by atoms with van der Waals surface area (Å²) in [6, 6.07) is 1.22. The summed E-state index contributed by atoms with van der Waals surface area (Å²) in [7, 11) is 0. The van der Waals surface area contributed by atoms with E-state index in [2.05, 4.69) is 5.10 Å². The molecule has 1 amide bonds. The number of hydrogen-bond acceptors (Lipinski definition) is 3. The molecule has 0 aliphatic heterocycles. The molecule has 6 nitrogen and oxygen atoms in total. The molecule has 0 bridgehead atoms. The second-order valence-electron chi connectivity index (χ2n) is 5.97. The Kier molecular flexibility index (Phi) is 4.34. The number of carboxylic acids is 1. The van der Waals surface area contributed by atoms with Gasteiger partial charge in [-0.1, -0.05) is 0 Å². The molecule has 1 aromatic rings. The standard InChI is InChI=1S/C15H23N3O3/c1-9-7-10(2)18(16-9)11(3)8-14(19)17(13-5-6-13)12(4)15(20)21/h7,11-13H,5-6,8H2,1-4H3,(H,20,21). The number of aryl methyl sites for hydroxylation is 2. The smallest absolute Gasteiger partial charge is 0.326 e. The van der Waals surface area contributed by atoms with Crippen LogP contribution in [-0.2, 0) is 9.59 Å². The van der Waals surface area contributed by atoms with E-state index in [4.69, 9.17) is 5.11 Å². The molecule has 2 unspecified atom stereocenters. The van der Waals surface area contributed by atoms with Crippen LogP contribution in [-0.4, -0.2) is 43.7 Å². The third kappa shape index (κ3) is 3.43. The molecular weight excluding hydrogens is 270 g/mol. The zero-order valence-electron chi connectivity index (χ0n) is 13.0. The number of carbonyl (C=O) groups excluding carboxylic acids is 1. The van der Waals surface area contributed by atoms with Crippen LogP contribution >= 0.6 is 0 Å². The highest BCUT2D eigenvalue weighted by atomic mass is 16.4. The number of hydrogen-bond donors (Lipinski definition) is 1. The average molecular weight is 293 g/mol. The molecule has 1 N–H and O–H groups in total. The minimum atomic E-state index is -0.950. The molecule has 0 aromatic carbocycles. The van der Waals surface area contributed by atoms with Crippen LogP contribution in [0.5, 0.6) is 0 Å². The summed E-state index contributed by atoms with van der Waals surface area (Å²) in [4.78, 5) is 25.2. The number of rotatable bonds is 6. The number of amides is 1. The Hall–Kier alpha value is -1.85. The molecule has 1 fully saturated rings. The minimum Gasteiger partial charge on any atom is -0.480 e. The van der Waals surface area contributed by atoms with E-state index in [0.717, 1.165) is 24.2 Å². The van der Waals surface area contributed by atoms with E-state index in [-0.39, 0.29) is 24.4 Å². The normalized spacial score (nSPS) is 17.3. The average Bonchev–Trinajstić information content (AvgIpc) is 3.14. The van der Waals surface area contributed by atoms with E-state index in [0.29, 0.717) is 0 Å². The SMILES string of the molecule is Cc1cc(C)n(C(C)CC(=O)N(C2CC2)C(C)C(=O)O)n1. The first-order valence-corrected chi connectivity index (χ1v) is 7.38. The molecule has 6 heteroatoms. The Morgan fingerprint density at radius 1 is 1.43 bits per heavy atom. The van der Waals surface area contributed by atoms with Crippen LogP contribution in [0.25, 0.3) is 0 Å². The van der Waals surface area contributed by atoms with E-state index in [1.807, 2.05) is 31.5 Å². The first-order valence-electron chi connectivity index (χ1n) is 7.38. The number of aliphatic carboxylic acids is 1. The van der Waals surface area contributed by atoms with Gasteiger partial charge in [-0.25, -0.2) is 4.79 Å². The van der Waals surface area contributed by atoms with E-state index >= 15 is 0 Å². The van der Waals surface area contributed by atoms with E-state index in [9.17, 15) is 9.59 Å². The van der Waals surface area contributed by atoms with Gasteiger partial charge in [0.05, 0.1) is 11.7 Å². The highest BCUT2D eigenvalue weighted by molar-refractivity contribution is 5.84. The Balaban J connectivity index is 2.08. The number of carbonyl (C=O) groups is 2. The Bertz CT molecular complexity index is 548. The van der Waals surface area contributed by atoms with Gasteiger partial charge in [-0.05, 0) is 46.6 Å². The number of carboxylic acid groups (broad SMARTS) is 1. The number of nitrogens with zero attached hydrogens (tertiary/aromatic N) is 3. The summed E-state index contributed by atoms with van der Waals surface area (Å²) in [5.74, 6) is -1.05. The van der Waals surface area contributed by atoms with Crippen molar-refractivity contribution in [2.24, 2.45) is 0 Å². The fourth-order valence-corrected chi connectivity index (χ4v) is 2.74. The molecule has 2 rings (SSSR count). The zero-order valence-corrected chi connectivity index (χ0v) is 13.0. The van der Waals surface area contributed by atoms with Crippen molar-refractivity contribution in [1.29, 1.82) is 0 Å². The maximum absolute atomic E-state index is 12.5. The van der Waals surface area contributed by atoms with Gasteiger partial charge in [0.25, 0.3) is 0 Å². The van der Waals surface area contributed by atoms with Gasteiger partial charge in [-0.15, -0.1) is 0 Å². The maximum atomic E-state index is 12.5. The summed E-state index contributed by atoms with van der Waals surface area (Å²) in [5.41, 5.74) is 1.93. The lowest BCUT2D eigenvalue weighted by molar-refractivity contribution is -0.150. The first kappa shape index (κ1) is 15.5. The third-order valence-corrected chi connectivity index (χ3v) is 3.94. The van der Waals surface area contributed by atoms with Crippen LogP contribution in [0.2, 0.25) is 0 Å². The fourth-order valence-electron chi connectivity index (χ4n) is 2.74. The summed E-state index contributed by atoms with van der Waals surface area (Å²) >= 11 is 0. The van der Waals surface area contributed by atoms with Crippen molar-refractivity contribution in [3.8, 4) is 0 Å². The maximum Gasteiger partial charge on any atom is 0.326 e. The predicted molar refractivity (Wildman–Crippen MR) is 78.0 cm³/mol. The molecule has 1 saturated carbocycles. The van der Waals surface area contributed by atoms with Crippen molar-refractivity contribution in [1.82, 2.24) is 14.7 Å². The molecular formula is C15H23N3O3. The van der Waals surface area contributed by atoms with Crippen LogP contribution in [0.1, 0.15) is 50.5 Å². The first-order chi connectivity index (χ1) is 9.81. The molecule has 0 radical (unpaired) electrons. The van der Waals surface area contributed by atoms with Crippen LogP contribution in [0.15, 0.2) is 6.07 Å². The summed E-state index contributed by atoms with van der Waals surface area (Å²) < 4.78 is 1.84. The van der Waals surface area contributed by atoms with E-state index in [1.54, 1.807) is 6.92 Å². The zero-order chi connectivity index (χ0) is 15.7. The Morgan fingerprint density at radius 3 is 2.48 bits per heavy atom. The fraction of sp³-hybridized carbons (Fsp3) is 0.667. The highest BCUT2D eigenvalue weighted by Gasteiger charge is 2.38. The van der Waals surface area contributed by atoms with Crippen LogP contribution < -0.4 is 0 Å². The van der Waals surface area contributed by atoms with Crippen LogP contribution in [0.4, 0.5) is 0 Å². The second-order valence-corrected chi connectivity index (χ2v) is 5.97. The minimum absolute atomic E-state index is 0.0755. The summed E-state index contributed by atoms with van der Waals surface area (Å²) in [5, 5.41) is 13.6. The van der Waals surface area contributed by atoms with Crippen LogP contribution in [0.3, 0.4) is 0 Å². The van der Waals surface area contributed by atoms with Crippen molar-refractivity contribution < 1.29 is 14.7 Å². The predicted octanol–water partition coefficient (Wildman–Crippen LogP) is 1.92. The highest BCUT2D eigenvalue weighted by Crippen LogP contribution is 2.30. The molecule has 0 spiro atoms. The lowest BCUT2D eigenvalue weighted by Crippen LogP contribution is -2.45. The molecule has 1 aromatic heterocycles. The molecule has 1 aliphatic rings. The topological polar surface area (TPSA) is 75.4 Å². The monoisotopic (exact) mass is 293 g/mol. The molecule has 1 heterocycles. The van der Waals surface area contributed by atoms with Crippen molar-refractivity contribution in [2.45, 2.75) is 65.1 Å². The van der Waals surface area contributed by atoms with Crippen molar-refractivity contribution in [3.63, 3.8) is 0 Å². The van der Waals surface area contributed by atoms with Crippen molar-refractivity contribution in [3.05, 3.63) is 17.5 Å². The lowest BCUT2D eigenvalue weighted by Gasteiger charge is -2.28. The quantitative estimate of drug-likeness (QED) is 0.869. The van der Waals surface area contributed by atoms with Gasteiger partial charge in [0.2, 0.25) is 5.91 Å². The molecule has 1 aliphatic carbocycles. The van der Waals surface area contributed by atoms with E-state index in [1.165, 1.54) is 4.90 Å². The Labute approximate surface area is 124 Å².